The number of hydrogen-bond donors (Lipinski definition) is 1. The summed E-state index contributed by atoms with van der Waals surface area (Å²) >= 11 is 12.2. The van der Waals surface area contributed by atoms with E-state index >= 15 is 0 Å². The average Bonchev–Trinajstić information content (AvgIpc) is 2.48. The monoisotopic (exact) mass is 309 g/mol. The topological polar surface area (TPSA) is 44.5 Å². The summed E-state index contributed by atoms with van der Waals surface area (Å²) in [5, 5.41) is 1.18. The van der Waals surface area contributed by atoms with Crippen molar-refractivity contribution in [2.45, 2.75) is 6.04 Å². The molecule has 0 bridgehead atoms. The molecule has 2 N–H and O–H groups in total. The fraction of sp³-hybridized carbons (Fsp3) is 0.200. The molecule has 1 heterocycles. The lowest BCUT2D eigenvalue weighted by atomic mass is 9.98. The Morgan fingerprint density at radius 1 is 1.00 bits per heavy atom. The first-order valence-electron chi connectivity index (χ1n) is 6.26. The normalized spacial score (nSPS) is 14.9. The number of rotatable bonds is 2. The zero-order valence-corrected chi connectivity index (χ0v) is 12.1. The van der Waals surface area contributed by atoms with E-state index in [-0.39, 0.29) is 0 Å². The Morgan fingerprint density at radius 2 is 1.80 bits per heavy atom. The van der Waals surface area contributed by atoms with E-state index in [1.54, 1.807) is 18.2 Å². The van der Waals surface area contributed by atoms with E-state index in [2.05, 4.69) is 0 Å². The van der Waals surface area contributed by atoms with E-state index in [1.165, 1.54) is 0 Å². The van der Waals surface area contributed by atoms with Crippen molar-refractivity contribution in [1.82, 2.24) is 0 Å². The van der Waals surface area contributed by atoms with E-state index in [4.69, 9.17) is 38.4 Å². The molecule has 1 atom stereocenters. The Bertz CT molecular complexity index is 646. The fourth-order valence-electron chi connectivity index (χ4n) is 2.26. The van der Waals surface area contributed by atoms with Gasteiger partial charge in [0, 0.05) is 15.6 Å². The van der Waals surface area contributed by atoms with Gasteiger partial charge < -0.3 is 15.2 Å². The van der Waals surface area contributed by atoms with Crippen LogP contribution in [0.3, 0.4) is 0 Å². The summed E-state index contributed by atoms with van der Waals surface area (Å²) < 4.78 is 11.3. The minimum Gasteiger partial charge on any atom is -0.486 e. The average molecular weight is 310 g/mol. The molecule has 0 aliphatic carbocycles. The molecule has 1 unspecified atom stereocenters. The first-order chi connectivity index (χ1) is 9.66. The van der Waals surface area contributed by atoms with Gasteiger partial charge in [-0.3, -0.25) is 0 Å². The molecule has 0 aromatic heterocycles. The van der Waals surface area contributed by atoms with Crippen LogP contribution in [0.1, 0.15) is 17.2 Å². The van der Waals surface area contributed by atoms with Crippen LogP contribution in [-0.2, 0) is 0 Å². The second-order valence-electron chi connectivity index (χ2n) is 4.51. The molecule has 3 rings (SSSR count). The Kier molecular flexibility index (Phi) is 3.74. The Labute approximate surface area is 127 Å². The van der Waals surface area contributed by atoms with Crippen LogP contribution in [-0.4, -0.2) is 13.2 Å². The number of fused-ring (bicyclic) bond motifs is 1. The molecular weight excluding hydrogens is 297 g/mol. The Morgan fingerprint density at radius 3 is 2.65 bits per heavy atom. The first-order valence-corrected chi connectivity index (χ1v) is 7.01. The molecular formula is C15H13Cl2NO2. The van der Waals surface area contributed by atoms with Crippen molar-refractivity contribution in [2.24, 2.45) is 5.73 Å². The molecule has 0 saturated heterocycles. The maximum atomic E-state index is 6.33. The lowest BCUT2D eigenvalue weighted by Gasteiger charge is -2.24. The number of para-hydroxylation sites is 1. The summed E-state index contributed by atoms with van der Waals surface area (Å²) in [5.74, 6) is 1.39. The van der Waals surface area contributed by atoms with Crippen molar-refractivity contribution < 1.29 is 9.47 Å². The lowest BCUT2D eigenvalue weighted by Crippen LogP contribution is -2.20. The third-order valence-electron chi connectivity index (χ3n) is 3.22. The zero-order valence-electron chi connectivity index (χ0n) is 10.6. The van der Waals surface area contributed by atoms with Gasteiger partial charge in [0.2, 0.25) is 0 Å². The largest absolute Gasteiger partial charge is 0.486 e. The third kappa shape index (κ3) is 2.44. The van der Waals surface area contributed by atoms with Crippen LogP contribution in [0.25, 0.3) is 0 Å². The van der Waals surface area contributed by atoms with Crippen LogP contribution in [0, 0.1) is 0 Å². The highest BCUT2D eigenvalue weighted by Crippen LogP contribution is 2.39. The van der Waals surface area contributed by atoms with E-state index in [0.29, 0.717) is 34.8 Å². The molecule has 0 radical (unpaired) electrons. The molecule has 0 saturated carbocycles. The number of benzene rings is 2. The number of hydrogen-bond acceptors (Lipinski definition) is 3. The SMILES string of the molecule is NC(c1cc(Cl)ccc1Cl)c1cccc2c1OCCO2. The highest BCUT2D eigenvalue weighted by Gasteiger charge is 2.22. The molecule has 0 amide bonds. The molecule has 0 fully saturated rings. The van der Waals surface area contributed by atoms with Gasteiger partial charge in [0.05, 0.1) is 6.04 Å². The number of nitrogens with two attached hydrogens (primary N) is 1. The lowest BCUT2D eigenvalue weighted by molar-refractivity contribution is 0.169. The molecule has 0 spiro atoms. The van der Waals surface area contributed by atoms with Gasteiger partial charge in [-0.15, -0.1) is 0 Å². The van der Waals surface area contributed by atoms with Crippen molar-refractivity contribution in [3.63, 3.8) is 0 Å². The molecule has 2 aromatic carbocycles. The molecule has 104 valence electrons. The van der Waals surface area contributed by atoms with E-state index in [9.17, 15) is 0 Å². The number of ether oxygens (including phenoxy) is 2. The Hall–Kier alpha value is -1.42. The van der Waals surface area contributed by atoms with Crippen LogP contribution in [0.5, 0.6) is 11.5 Å². The van der Waals surface area contributed by atoms with Gasteiger partial charge >= 0.3 is 0 Å². The molecule has 1 aliphatic heterocycles. The van der Waals surface area contributed by atoms with Gasteiger partial charge in [0.25, 0.3) is 0 Å². The quantitative estimate of drug-likeness (QED) is 0.917. The number of halogens is 2. The molecule has 20 heavy (non-hydrogen) atoms. The van der Waals surface area contributed by atoms with Crippen molar-refractivity contribution in [3.8, 4) is 11.5 Å². The molecule has 2 aromatic rings. The van der Waals surface area contributed by atoms with Crippen LogP contribution < -0.4 is 15.2 Å². The standard InChI is InChI=1S/C15H13Cl2NO2/c16-9-4-5-12(17)11(8-9)14(18)10-2-1-3-13-15(10)20-7-6-19-13/h1-5,8,14H,6-7,18H2. The summed E-state index contributed by atoms with van der Waals surface area (Å²) in [6.07, 6.45) is 0. The second kappa shape index (κ2) is 5.52. The maximum absolute atomic E-state index is 6.33. The van der Waals surface area contributed by atoms with Crippen LogP contribution in [0.4, 0.5) is 0 Å². The second-order valence-corrected chi connectivity index (χ2v) is 5.36. The molecule has 1 aliphatic rings. The molecule has 3 nitrogen and oxygen atoms in total. The minimum atomic E-state index is -0.419. The van der Waals surface area contributed by atoms with Crippen LogP contribution >= 0.6 is 23.2 Å². The summed E-state index contributed by atoms with van der Waals surface area (Å²) in [6, 6.07) is 10.5. The maximum Gasteiger partial charge on any atom is 0.166 e. The van der Waals surface area contributed by atoms with E-state index < -0.39 is 6.04 Å². The van der Waals surface area contributed by atoms with E-state index in [1.807, 2.05) is 18.2 Å². The highest BCUT2D eigenvalue weighted by atomic mass is 35.5. The van der Waals surface area contributed by atoms with Crippen molar-refractivity contribution >= 4 is 23.2 Å². The van der Waals surface area contributed by atoms with Gasteiger partial charge in [0.15, 0.2) is 11.5 Å². The van der Waals surface area contributed by atoms with Crippen LogP contribution in [0.15, 0.2) is 36.4 Å². The fourth-order valence-corrected chi connectivity index (χ4v) is 2.68. The van der Waals surface area contributed by atoms with E-state index in [0.717, 1.165) is 11.1 Å². The van der Waals surface area contributed by atoms with Crippen molar-refractivity contribution in [3.05, 3.63) is 57.6 Å². The van der Waals surface area contributed by atoms with Gasteiger partial charge in [-0.25, -0.2) is 0 Å². The Balaban J connectivity index is 2.06. The highest BCUT2D eigenvalue weighted by molar-refractivity contribution is 6.33. The third-order valence-corrected chi connectivity index (χ3v) is 3.80. The van der Waals surface area contributed by atoms with Gasteiger partial charge in [-0.1, -0.05) is 35.3 Å². The minimum absolute atomic E-state index is 0.419. The smallest absolute Gasteiger partial charge is 0.166 e. The molecule has 5 heteroatoms. The van der Waals surface area contributed by atoms with Gasteiger partial charge in [-0.05, 0) is 29.8 Å². The van der Waals surface area contributed by atoms with Crippen LogP contribution in [0.2, 0.25) is 10.0 Å². The summed E-state index contributed by atoms with van der Waals surface area (Å²) in [5.41, 5.74) is 7.94. The summed E-state index contributed by atoms with van der Waals surface area (Å²) in [6.45, 7) is 1.06. The first kappa shape index (κ1) is 13.6. The zero-order chi connectivity index (χ0) is 14.1. The van der Waals surface area contributed by atoms with Crippen molar-refractivity contribution in [2.75, 3.05) is 13.2 Å². The van der Waals surface area contributed by atoms with Crippen molar-refractivity contribution in [1.29, 1.82) is 0 Å². The predicted molar refractivity (Wildman–Crippen MR) is 79.9 cm³/mol. The van der Waals surface area contributed by atoms with Gasteiger partial charge in [0.1, 0.15) is 13.2 Å². The summed E-state index contributed by atoms with van der Waals surface area (Å²) in [7, 11) is 0. The summed E-state index contributed by atoms with van der Waals surface area (Å²) in [4.78, 5) is 0. The predicted octanol–water partition coefficient (Wildman–Crippen LogP) is 3.81. The van der Waals surface area contributed by atoms with Gasteiger partial charge in [-0.2, -0.15) is 0 Å².